The van der Waals surface area contributed by atoms with Crippen LogP contribution in [0.25, 0.3) is 0 Å². The second kappa shape index (κ2) is 7.37. The van der Waals surface area contributed by atoms with E-state index in [-0.39, 0.29) is 5.69 Å². The van der Waals surface area contributed by atoms with Crippen LogP contribution in [0.15, 0.2) is 28.3 Å². The van der Waals surface area contributed by atoms with Crippen molar-refractivity contribution in [1.82, 2.24) is 14.8 Å². The molecular weight excluding hydrogens is 302 g/mol. The molecule has 0 saturated heterocycles. The highest BCUT2D eigenvalue weighted by atomic mass is 32.2. The van der Waals surface area contributed by atoms with E-state index < -0.39 is 4.92 Å². The fraction of sp³-hybridized carbons (Fsp3) is 0.429. The second-order valence-corrected chi connectivity index (χ2v) is 5.69. The van der Waals surface area contributed by atoms with E-state index in [4.69, 9.17) is 5.73 Å². The first kappa shape index (κ1) is 16.4. The Morgan fingerprint density at radius 2 is 2.14 bits per heavy atom. The standard InChI is InChI=1S/C14H19N5O2S/c1-3-11-14(12(4-2)18(17-11)8-7-15)22-13-6-5-10(9-16-13)19(20)21/h5-6,9H,3-4,7-8,15H2,1-2H3. The minimum atomic E-state index is -0.449. The summed E-state index contributed by atoms with van der Waals surface area (Å²) in [5, 5.41) is 16.0. The predicted octanol–water partition coefficient (Wildman–Crippen LogP) is 2.42. The van der Waals surface area contributed by atoms with Gasteiger partial charge < -0.3 is 5.73 Å². The molecular formula is C14H19N5O2S. The Balaban J connectivity index is 2.33. The molecule has 2 aromatic rings. The lowest BCUT2D eigenvalue weighted by atomic mass is 10.2. The van der Waals surface area contributed by atoms with Crippen molar-refractivity contribution in [2.24, 2.45) is 5.73 Å². The first-order valence-electron chi connectivity index (χ1n) is 7.17. The second-order valence-electron chi connectivity index (χ2n) is 4.66. The summed E-state index contributed by atoms with van der Waals surface area (Å²) >= 11 is 1.50. The first-order chi connectivity index (χ1) is 10.6. The molecule has 0 aliphatic rings. The zero-order valence-corrected chi connectivity index (χ0v) is 13.5. The van der Waals surface area contributed by atoms with Crippen LogP contribution in [-0.2, 0) is 19.4 Å². The summed E-state index contributed by atoms with van der Waals surface area (Å²) in [6.07, 6.45) is 2.95. The van der Waals surface area contributed by atoms with E-state index in [1.807, 2.05) is 4.68 Å². The Bertz CT molecular complexity index is 654. The van der Waals surface area contributed by atoms with Crippen molar-refractivity contribution in [3.05, 3.63) is 39.8 Å². The summed E-state index contributed by atoms with van der Waals surface area (Å²) in [7, 11) is 0. The zero-order valence-electron chi connectivity index (χ0n) is 12.7. The molecule has 0 aromatic carbocycles. The van der Waals surface area contributed by atoms with E-state index in [0.29, 0.717) is 13.1 Å². The molecule has 7 nitrogen and oxygen atoms in total. The summed E-state index contributed by atoms with van der Waals surface area (Å²) < 4.78 is 1.95. The molecule has 8 heteroatoms. The number of aryl methyl sites for hydroxylation is 1. The maximum absolute atomic E-state index is 10.7. The smallest absolute Gasteiger partial charge is 0.287 e. The SMILES string of the molecule is CCc1nn(CCN)c(CC)c1Sc1ccc([N+](=O)[O-])cn1. The molecule has 0 unspecified atom stereocenters. The molecule has 22 heavy (non-hydrogen) atoms. The molecule has 2 heterocycles. The third kappa shape index (κ3) is 3.45. The van der Waals surface area contributed by atoms with Crippen molar-refractivity contribution in [2.45, 2.75) is 43.2 Å². The van der Waals surface area contributed by atoms with E-state index in [9.17, 15) is 10.1 Å². The Kier molecular flexibility index (Phi) is 5.51. The number of pyridine rings is 1. The highest BCUT2D eigenvalue weighted by molar-refractivity contribution is 7.99. The molecule has 0 fully saturated rings. The number of nitrogens with two attached hydrogens (primary N) is 1. The fourth-order valence-corrected chi connectivity index (χ4v) is 3.30. The van der Waals surface area contributed by atoms with Crippen LogP contribution in [0.2, 0.25) is 0 Å². The van der Waals surface area contributed by atoms with Crippen LogP contribution in [0.3, 0.4) is 0 Å². The summed E-state index contributed by atoms with van der Waals surface area (Å²) in [5.74, 6) is 0. The van der Waals surface area contributed by atoms with Gasteiger partial charge in [0.15, 0.2) is 0 Å². The minimum Gasteiger partial charge on any atom is -0.329 e. The van der Waals surface area contributed by atoms with Crippen molar-refractivity contribution < 1.29 is 4.92 Å². The van der Waals surface area contributed by atoms with Crippen LogP contribution >= 0.6 is 11.8 Å². The summed E-state index contributed by atoms with van der Waals surface area (Å²) in [6, 6.07) is 3.14. The van der Waals surface area contributed by atoms with Gasteiger partial charge in [0.05, 0.1) is 27.8 Å². The molecule has 0 spiro atoms. The summed E-state index contributed by atoms with van der Waals surface area (Å²) in [5.41, 5.74) is 7.78. The third-order valence-corrected chi connectivity index (χ3v) is 4.35. The largest absolute Gasteiger partial charge is 0.329 e. The number of rotatable bonds is 7. The molecule has 0 aliphatic heterocycles. The minimum absolute atomic E-state index is 0.00499. The Morgan fingerprint density at radius 1 is 1.36 bits per heavy atom. The van der Waals surface area contributed by atoms with Gasteiger partial charge in [-0.2, -0.15) is 5.10 Å². The Morgan fingerprint density at radius 3 is 2.64 bits per heavy atom. The van der Waals surface area contributed by atoms with Gasteiger partial charge in [-0.05, 0) is 18.9 Å². The number of nitro groups is 1. The van der Waals surface area contributed by atoms with Crippen molar-refractivity contribution in [3.63, 3.8) is 0 Å². The van der Waals surface area contributed by atoms with Gasteiger partial charge in [0.25, 0.3) is 5.69 Å². The van der Waals surface area contributed by atoms with Crippen LogP contribution < -0.4 is 5.73 Å². The van der Waals surface area contributed by atoms with Gasteiger partial charge in [-0.3, -0.25) is 14.8 Å². The van der Waals surface area contributed by atoms with E-state index >= 15 is 0 Å². The maximum atomic E-state index is 10.7. The molecule has 0 radical (unpaired) electrons. The third-order valence-electron chi connectivity index (χ3n) is 3.23. The van der Waals surface area contributed by atoms with Gasteiger partial charge >= 0.3 is 0 Å². The van der Waals surface area contributed by atoms with Gasteiger partial charge in [0, 0.05) is 12.6 Å². The molecule has 0 amide bonds. The molecule has 0 saturated carbocycles. The Hall–Kier alpha value is -1.93. The summed E-state index contributed by atoms with van der Waals surface area (Å²) in [4.78, 5) is 15.5. The lowest BCUT2D eigenvalue weighted by molar-refractivity contribution is -0.385. The lowest BCUT2D eigenvalue weighted by Crippen LogP contribution is -2.13. The first-order valence-corrected chi connectivity index (χ1v) is 7.99. The van der Waals surface area contributed by atoms with Crippen LogP contribution in [0, 0.1) is 10.1 Å². The monoisotopic (exact) mass is 321 g/mol. The lowest BCUT2D eigenvalue weighted by Gasteiger charge is -2.06. The van der Waals surface area contributed by atoms with Crippen LogP contribution in [0.5, 0.6) is 0 Å². The number of hydrogen-bond donors (Lipinski definition) is 1. The molecule has 0 atom stereocenters. The summed E-state index contributed by atoms with van der Waals surface area (Å²) in [6.45, 7) is 5.36. The average Bonchev–Trinajstić information content (AvgIpc) is 2.85. The predicted molar refractivity (Wildman–Crippen MR) is 85.1 cm³/mol. The number of hydrogen-bond acceptors (Lipinski definition) is 6. The topological polar surface area (TPSA) is 99.9 Å². The van der Waals surface area contributed by atoms with Crippen LogP contribution in [-0.4, -0.2) is 26.2 Å². The number of aromatic nitrogens is 3. The quantitative estimate of drug-likeness (QED) is 0.621. The fourth-order valence-electron chi connectivity index (χ4n) is 2.18. The van der Waals surface area contributed by atoms with Gasteiger partial charge in [-0.15, -0.1) is 0 Å². The van der Waals surface area contributed by atoms with Gasteiger partial charge in [-0.25, -0.2) is 4.98 Å². The zero-order chi connectivity index (χ0) is 16.1. The average molecular weight is 321 g/mol. The van der Waals surface area contributed by atoms with Gasteiger partial charge in [0.2, 0.25) is 0 Å². The van der Waals surface area contributed by atoms with E-state index in [1.54, 1.807) is 6.07 Å². The van der Waals surface area contributed by atoms with Crippen LogP contribution in [0.4, 0.5) is 5.69 Å². The van der Waals surface area contributed by atoms with Crippen LogP contribution in [0.1, 0.15) is 25.2 Å². The molecule has 2 N–H and O–H groups in total. The highest BCUT2D eigenvalue weighted by Crippen LogP contribution is 2.33. The van der Waals surface area contributed by atoms with Crippen molar-refractivity contribution >= 4 is 17.4 Å². The van der Waals surface area contributed by atoms with Crippen molar-refractivity contribution in [3.8, 4) is 0 Å². The van der Waals surface area contributed by atoms with Gasteiger partial charge in [-0.1, -0.05) is 25.6 Å². The van der Waals surface area contributed by atoms with E-state index in [2.05, 4.69) is 23.9 Å². The van der Waals surface area contributed by atoms with Gasteiger partial charge in [0.1, 0.15) is 11.2 Å². The molecule has 2 aromatic heterocycles. The molecule has 118 valence electrons. The normalized spacial score (nSPS) is 10.9. The molecule has 0 bridgehead atoms. The molecule has 0 aliphatic carbocycles. The van der Waals surface area contributed by atoms with E-state index in [0.717, 1.165) is 34.2 Å². The van der Waals surface area contributed by atoms with Crippen molar-refractivity contribution in [2.75, 3.05) is 6.54 Å². The van der Waals surface area contributed by atoms with E-state index in [1.165, 1.54) is 24.0 Å². The maximum Gasteiger partial charge on any atom is 0.287 e. The Labute approximate surface area is 133 Å². The number of nitrogens with zero attached hydrogens (tertiary/aromatic N) is 4. The highest BCUT2D eigenvalue weighted by Gasteiger charge is 2.17. The molecule has 2 rings (SSSR count). The van der Waals surface area contributed by atoms with Crippen molar-refractivity contribution in [1.29, 1.82) is 0 Å².